The molecule has 26 heavy (non-hydrogen) atoms. The van der Waals surface area contributed by atoms with Gasteiger partial charge in [-0.25, -0.2) is 4.39 Å². The van der Waals surface area contributed by atoms with Crippen molar-refractivity contribution < 1.29 is 13.9 Å². The first-order valence-corrected chi connectivity index (χ1v) is 9.05. The van der Waals surface area contributed by atoms with E-state index in [0.29, 0.717) is 13.1 Å². The van der Waals surface area contributed by atoms with Crippen LogP contribution in [-0.4, -0.2) is 37.6 Å². The molecule has 2 aromatic carbocycles. The van der Waals surface area contributed by atoms with Gasteiger partial charge in [0.1, 0.15) is 11.6 Å². The fourth-order valence-corrected chi connectivity index (χ4v) is 3.46. The largest absolute Gasteiger partial charge is 0.497 e. The van der Waals surface area contributed by atoms with Gasteiger partial charge >= 0.3 is 0 Å². The molecule has 1 fully saturated rings. The number of carbonyl (C=O) groups is 1. The molecule has 1 atom stereocenters. The van der Waals surface area contributed by atoms with E-state index >= 15 is 0 Å². The maximum atomic E-state index is 13.1. The zero-order valence-corrected chi connectivity index (χ0v) is 15.1. The molecule has 1 unspecified atom stereocenters. The lowest BCUT2D eigenvalue weighted by atomic mass is 10.0. The molecule has 1 saturated heterocycles. The molecule has 0 aromatic heterocycles. The number of nitrogens with one attached hydrogen (secondary N) is 1. The summed E-state index contributed by atoms with van der Waals surface area (Å²) in [5.41, 5.74) is 2.24. The number of benzene rings is 2. The normalized spacial score (nSPS) is 17.2. The first-order valence-electron chi connectivity index (χ1n) is 9.05. The number of likely N-dealkylation sites (tertiary alicyclic amines) is 1. The first-order chi connectivity index (χ1) is 12.7. The number of amides is 1. The van der Waals surface area contributed by atoms with Gasteiger partial charge in [-0.1, -0.05) is 24.3 Å². The quantitative estimate of drug-likeness (QED) is 0.827. The van der Waals surface area contributed by atoms with E-state index in [4.69, 9.17) is 4.74 Å². The predicted octanol–water partition coefficient (Wildman–Crippen LogP) is 3.33. The van der Waals surface area contributed by atoms with Crippen LogP contribution in [0.5, 0.6) is 5.75 Å². The molecule has 0 aliphatic carbocycles. The van der Waals surface area contributed by atoms with Crippen molar-refractivity contribution in [2.24, 2.45) is 0 Å². The van der Waals surface area contributed by atoms with E-state index in [1.54, 1.807) is 7.11 Å². The minimum absolute atomic E-state index is 0.0347. The molecule has 2 aromatic rings. The minimum atomic E-state index is -0.227. The monoisotopic (exact) mass is 356 g/mol. The van der Waals surface area contributed by atoms with E-state index in [-0.39, 0.29) is 17.8 Å². The van der Waals surface area contributed by atoms with Crippen LogP contribution in [0.25, 0.3) is 0 Å². The Kier molecular flexibility index (Phi) is 6.23. The molecule has 0 radical (unpaired) electrons. The van der Waals surface area contributed by atoms with Crippen LogP contribution in [0.2, 0.25) is 0 Å². The summed E-state index contributed by atoms with van der Waals surface area (Å²) >= 11 is 0. The van der Waals surface area contributed by atoms with Crippen molar-refractivity contribution in [1.82, 2.24) is 10.2 Å². The van der Waals surface area contributed by atoms with Crippen LogP contribution in [0.3, 0.4) is 0 Å². The molecule has 0 saturated carbocycles. The van der Waals surface area contributed by atoms with Gasteiger partial charge in [-0.3, -0.25) is 9.69 Å². The number of ether oxygens (including phenoxy) is 1. The Morgan fingerprint density at radius 2 is 1.92 bits per heavy atom. The second-order valence-electron chi connectivity index (χ2n) is 6.63. The van der Waals surface area contributed by atoms with Crippen molar-refractivity contribution in [3.63, 3.8) is 0 Å². The summed E-state index contributed by atoms with van der Waals surface area (Å²) in [6.45, 7) is 1.89. The SMILES string of the molecule is COc1ccc(CCNC(=O)CN2CCCC2c2ccc(F)cc2)cc1. The van der Waals surface area contributed by atoms with Gasteiger partial charge in [0.25, 0.3) is 0 Å². The third-order valence-electron chi connectivity index (χ3n) is 4.86. The Morgan fingerprint density at radius 1 is 1.19 bits per heavy atom. The molecule has 1 heterocycles. The Labute approximate surface area is 154 Å². The van der Waals surface area contributed by atoms with E-state index in [2.05, 4.69) is 10.2 Å². The van der Waals surface area contributed by atoms with Crippen LogP contribution in [0, 0.1) is 5.82 Å². The number of hydrogen-bond donors (Lipinski definition) is 1. The van der Waals surface area contributed by atoms with Crippen LogP contribution < -0.4 is 10.1 Å². The lowest BCUT2D eigenvalue weighted by molar-refractivity contribution is -0.122. The van der Waals surface area contributed by atoms with E-state index in [0.717, 1.165) is 42.7 Å². The van der Waals surface area contributed by atoms with Crippen molar-refractivity contribution >= 4 is 5.91 Å². The third-order valence-corrected chi connectivity index (χ3v) is 4.86. The molecule has 0 bridgehead atoms. The van der Waals surface area contributed by atoms with Crippen molar-refractivity contribution in [2.45, 2.75) is 25.3 Å². The van der Waals surface area contributed by atoms with Crippen molar-refractivity contribution in [1.29, 1.82) is 0 Å². The van der Waals surface area contributed by atoms with Crippen LogP contribution in [0.4, 0.5) is 4.39 Å². The second-order valence-corrected chi connectivity index (χ2v) is 6.63. The maximum absolute atomic E-state index is 13.1. The number of rotatable bonds is 7. The molecule has 1 aliphatic heterocycles. The summed E-state index contributed by atoms with van der Waals surface area (Å²) in [6.07, 6.45) is 2.85. The molecule has 0 spiro atoms. The fourth-order valence-electron chi connectivity index (χ4n) is 3.46. The number of halogens is 1. The molecule has 1 N–H and O–H groups in total. The van der Waals surface area contributed by atoms with E-state index in [1.807, 2.05) is 36.4 Å². The van der Waals surface area contributed by atoms with E-state index in [9.17, 15) is 9.18 Å². The van der Waals surface area contributed by atoms with E-state index in [1.165, 1.54) is 12.1 Å². The fraction of sp³-hybridized carbons (Fsp3) is 0.381. The van der Waals surface area contributed by atoms with Gasteiger partial charge in [0.2, 0.25) is 5.91 Å². The average molecular weight is 356 g/mol. The minimum Gasteiger partial charge on any atom is -0.497 e. The molecular weight excluding hydrogens is 331 g/mol. The highest BCUT2D eigenvalue weighted by molar-refractivity contribution is 5.78. The number of methoxy groups -OCH3 is 1. The van der Waals surface area contributed by atoms with Gasteiger partial charge in [0.15, 0.2) is 0 Å². The van der Waals surface area contributed by atoms with Gasteiger partial charge in [0, 0.05) is 12.6 Å². The zero-order valence-electron chi connectivity index (χ0n) is 15.1. The standard InChI is InChI=1S/C21H25FN2O2/c1-26-19-10-4-16(5-11-19)12-13-23-21(25)15-24-14-2-3-20(24)17-6-8-18(22)9-7-17/h4-11,20H,2-3,12-15H2,1H3,(H,23,25). The lowest BCUT2D eigenvalue weighted by Gasteiger charge is -2.24. The number of hydrogen-bond acceptors (Lipinski definition) is 3. The topological polar surface area (TPSA) is 41.6 Å². The Hall–Kier alpha value is -2.40. The summed E-state index contributed by atoms with van der Waals surface area (Å²) in [5, 5.41) is 3.00. The maximum Gasteiger partial charge on any atom is 0.234 e. The molecule has 5 heteroatoms. The summed E-state index contributed by atoms with van der Waals surface area (Å²) in [5.74, 6) is 0.640. The van der Waals surface area contributed by atoms with Crippen molar-refractivity contribution in [3.8, 4) is 5.75 Å². The van der Waals surface area contributed by atoms with Crippen LogP contribution >= 0.6 is 0 Å². The van der Waals surface area contributed by atoms with Crippen LogP contribution in [-0.2, 0) is 11.2 Å². The Morgan fingerprint density at radius 3 is 2.62 bits per heavy atom. The summed E-state index contributed by atoms with van der Waals surface area (Å²) in [7, 11) is 1.65. The van der Waals surface area contributed by atoms with Gasteiger partial charge < -0.3 is 10.1 Å². The zero-order chi connectivity index (χ0) is 18.4. The van der Waals surface area contributed by atoms with Crippen molar-refractivity contribution in [2.75, 3.05) is 26.7 Å². The lowest BCUT2D eigenvalue weighted by Crippen LogP contribution is -2.37. The molecule has 138 valence electrons. The van der Waals surface area contributed by atoms with E-state index < -0.39 is 0 Å². The smallest absolute Gasteiger partial charge is 0.234 e. The Balaban J connectivity index is 1.46. The van der Waals surface area contributed by atoms with Crippen molar-refractivity contribution in [3.05, 3.63) is 65.5 Å². The predicted molar refractivity (Wildman–Crippen MR) is 99.7 cm³/mol. The van der Waals surface area contributed by atoms with Gasteiger partial charge in [-0.2, -0.15) is 0 Å². The molecule has 3 rings (SSSR count). The first kappa shape index (κ1) is 18.4. The molecular formula is C21H25FN2O2. The Bertz CT molecular complexity index is 716. The average Bonchev–Trinajstić information content (AvgIpc) is 3.11. The molecule has 1 aliphatic rings. The van der Waals surface area contributed by atoms with Gasteiger partial charge in [-0.15, -0.1) is 0 Å². The highest BCUT2D eigenvalue weighted by Crippen LogP contribution is 2.31. The summed E-state index contributed by atoms with van der Waals surface area (Å²) in [4.78, 5) is 14.5. The molecule has 4 nitrogen and oxygen atoms in total. The van der Waals surface area contributed by atoms with Crippen LogP contribution in [0.1, 0.15) is 30.0 Å². The van der Waals surface area contributed by atoms with Crippen LogP contribution in [0.15, 0.2) is 48.5 Å². The summed E-state index contributed by atoms with van der Waals surface area (Å²) in [6, 6.07) is 14.7. The highest BCUT2D eigenvalue weighted by Gasteiger charge is 2.27. The summed E-state index contributed by atoms with van der Waals surface area (Å²) < 4.78 is 18.3. The highest BCUT2D eigenvalue weighted by atomic mass is 19.1. The third kappa shape index (κ3) is 4.82. The van der Waals surface area contributed by atoms with Gasteiger partial charge in [0.05, 0.1) is 13.7 Å². The number of nitrogens with zero attached hydrogens (tertiary/aromatic N) is 1. The van der Waals surface area contributed by atoms with Gasteiger partial charge in [-0.05, 0) is 61.2 Å². The molecule has 1 amide bonds. The number of carbonyl (C=O) groups excluding carboxylic acids is 1. The second kappa shape index (κ2) is 8.81.